The van der Waals surface area contributed by atoms with Crippen molar-refractivity contribution in [1.82, 2.24) is 5.32 Å². The number of halogens is 1. The molecule has 1 heterocycles. The van der Waals surface area contributed by atoms with E-state index in [9.17, 15) is 9.59 Å². The Labute approximate surface area is 112 Å². The number of hydrogen-bond acceptors (Lipinski definition) is 3. The van der Waals surface area contributed by atoms with E-state index in [1.165, 1.54) is 11.3 Å². The molecule has 0 radical (unpaired) electrons. The number of carbonyl (C=O) groups excluding carboxylic acids is 1. The molecule has 0 saturated carbocycles. The second kappa shape index (κ2) is 5.64. The first-order valence-corrected chi connectivity index (χ1v) is 6.76. The van der Waals surface area contributed by atoms with Gasteiger partial charge in [0.1, 0.15) is 0 Å². The fourth-order valence-electron chi connectivity index (χ4n) is 1.28. The molecular weight excluding hydrogens is 306 g/mol. The number of amides is 1. The van der Waals surface area contributed by atoms with Crippen LogP contribution in [0.15, 0.2) is 15.9 Å². The first kappa shape index (κ1) is 14.2. The summed E-state index contributed by atoms with van der Waals surface area (Å²) in [4.78, 5) is 22.9. The normalized spacial score (nSPS) is 11.2. The summed E-state index contributed by atoms with van der Waals surface area (Å²) in [6, 6.07) is 1.74. The molecule has 2 N–H and O–H groups in total. The highest BCUT2D eigenvalue weighted by molar-refractivity contribution is 9.10. The van der Waals surface area contributed by atoms with Crippen molar-refractivity contribution in [3.8, 4) is 0 Å². The quantitative estimate of drug-likeness (QED) is 0.877. The molecule has 1 amide bonds. The largest absolute Gasteiger partial charge is 0.481 e. The molecule has 0 saturated heterocycles. The Kier molecular flexibility index (Phi) is 4.70. The van der Waals surface area contributed by atoms with Crippen molar-refractivity contribution in [3.05, 3.63) is 20.8 Å². The third-order valence-electron chi connectivity index (χ3n) is 2.21. The summed E-state index contributed by atoms with van der Waals surface area (Å²) >= 11 is 4.63. The van der Waals surface area contributed by atoms with Crippen LogP contribution in [-0.2, 0) is 4.79 Å². The fourth-order valence-corrected chi connectivity index (χ4v) is 2.60. The van der Waals surface area contributed by atoms with E-state index in [4.69, 9.17) is 5.11 Å². The maximum atomic E-state index is 11.8. The summed E-state index contributed by atoms with van der Waals surface area (Å²) in [6.45, 7) is 3.63. The predicted molar refractivity (Wildman–Crippen MR) is 70.4 cm³/mol. The Bertz CT molecular complexity index is 428. The molecule has 0 aliphatic carbocycles. The van der Waals surface area contributed by atoms with Crippen molar-refractivity contribution in [1.29, 1.82) is 0 Å². The first-order chi connectivity index (χ1) is 7.80. The average Bonchev–Trinajstić information content (AvgIpc) is 2.61. The van der Waals surface area contributed by atoms with Gasteiger partial charge >= 0.3 is 5.97 Å². The van der Waals surface area contributed by atoms with Gasteiger partial charge in [0, 0.05) is 21.8 Å². The van der Waals surface area contributed by atoms with Gasteiger partial charge in [-0.15, -0.1) is 11.3 Å². The lowest BCUT2D eigenvalue weighted by atomic mass is 9.98. The Balaban J connectivity index is 2.58. The molecular formula is C11H14BrNO3S. The summed E-state index contributed by atoms with van der Waals surface area (Å²) in [5, 5.41) is 13.3. The van der Waals surface area contributed by atoms with Crippen molar-refractivity contribution in [3.63, 3.8) is 0 Å². The number of nitrogens with one attached hydrogen (secondary N) is 1. The van der Waals surface area contributed by atoms with Crippen molar-refractivity contribution < 1.29 is 14.7 Å². The molecule has 0 spiro atoms. The van der Waals surface area contributed by atoms with E-state index in [1.807, 2.05) is 19.2 Å². The molecule has 0 aromatic carbocycles. The van der Waals surface area contributed by atoms with Crippen molar-refractivity contribution in [2.45, 2.75) is 32.2 Å². The second-order valence-corrected chi connectivity index (χ2v) is 6.19. The Morgan fingerprint density at radius 2 is 2.18 bits per heavy atom. The monoisotopic (exact) mass is 319 g/mol. The second-order valence-electron chi connectivity index (χ2n) is 4.36. The van der Waals surface area contributed by atoms with Gasteiger partial charge in [-0.1, -0.05) is 0 Å². The first-order valence-electron chi connectivity index (χ1n) is 5.08. The SMILES string of the molecule is CC(C)(CCC(=O)O)NC(=O)c1cc(Br)cs1. The highest BCUT2D eigenvalue weighted by Crippen LogP contribution is 2.21. The number of thiophene rings is 1. The van der Waals surface area contributed by atoms with Crippen LogP contribution in [0.4, 0.5) is 0 Å². The fraction of sp³-hybridized carbons (Fsp3) is 0.455. The van der Waals surface area contributed by atoms with Gasteiger partial charge in [-0.25, -0.2) is 0 Å². The van der Waals surface area contributed by atoms with Crippen molar-refractivity contribution in [2.75, 3.05) is 0 Å². The molecule has 1 aromatic heterocycles. The van der Waals surface area contributed by atoms with Crippen LogP contribution in [0.1, 0.15) is 36.4 Å². The summed E-state index contributed by atoms with van der Waals surface area (Å²) < 4.78 is 0.871. The van der Waals surface area contributed by atoms with Crippen LogP contribution in [0.5, 0.6) is 0 Å². The molecule has 0 aliphatic heterocycles. The van der Waals surface area contributed by atoms with E-state index in [1.54, 1.807) is 6.07 Å². The molecule has 6 heteroatoms. The molecule has 94 valence electrons. The minimum absolute atomic E-state index is 0.0431. The van der Waals surface area contributed by atoms with Gasteiger partial charge in [-0.2, -0.15) is 0 Å². The van der Waals surface area contributed by atoms with Gasteiger partial charge < -0.3 is 10.4 Å². The highest BCUT2D eigenvalue weighted by atomic mass is 79.9. The maximum absolute atomic E-state index is 11.8. The molecule has 1 aromatic rings. The third kappa shape index (κ3) is 4.87. The van der Waals surface area contributed by atoms with Gasteiger partial charge in [0.15, 0.2) is 0 Å². The average molecular weight is 320 g/mol. The number of carboxylic acids is 1. The summed E-state index contributed by atoms with van der Waals surface area (Å²) in [5.41, 5.74) is -0.522. The molecule has 4 nitrogen and oxygen atoms in total. The molecule has 0 atom stereocenters. The molecule has 0 fully saturated rings. The smallest absolute Gasteiger partial charge is 0.303 e. The number of hydrogen-bond donors (Lipinski definition) is 2. The van der Waals surface area contributed by atoms with Gasteiger partial charge in [0.05, 0.1) is 4.88 Å². The van der Waals surface area contributed by atoms with Crippen molar-refractivity contribution in [2.24, 2.45) is 0 Å². The zero-order valence-corrected chi connectivity index (χ0v) is 12.0. The van der Waals surface area contributed by atoms with Crippen LogP contribution >= 0.6 is 27.3 Å². The van der Waals surface area contributed by atoms with Crippen LogP contribution in [0, 0.1) is 0 Å². The summed E-state index contributed by atoms with van der Waals surface area (Å²) in [5.74, 6) is -1.03. The van der Waals surface area contributed by atoms with Crippen LogP contribution in [0.25, 0.3) is 0 Å². The Hall–Kier alpha value is -0.880. The summed E-state index contributed by atoms with van der Waals surface area (Å²) in [7, 11) is 0. The van der Waals surface area contributed by atoms with E-state index < -0.39 is 11.5 Å². The summed E-state index contributed by atoms with van der Waals surface area (Å²) in [6.07, 6.45) is 0.446. The maximum Gasteiger partial charge on any atom is 0.303 e. The number of carbonyl (C=O) groups is 2. The molecule has 0 bridgehead atoms. The minimum Gasteiger partial charge on any atom is -0.481 e. The zero-order chi connectivity index (χ0) is 13.1. The molecule has 0 unspecified atom stereocenters. The topological polar surface area (TPSA) is 66.4 Å². The van der Waals surface area contributed by atoms with E-state index in [0.717, 1.165) is 4.47 Å². The van der Waals surface area contributed by atoms with Gasteiger partial charge in [0.25, 0.3) is 5.91 Å². The highest BCUT2D eigenvalue weighted by Gasteiger charge is 2.22. The zero-order valence-electron chi connectivity index (χ0n) is 9.62. The third-order valence-corrected chi connectivity index (χ3v) is 3.90. The van der Waals surface area contributed by atoms with Gasteiger partial charge in [-0.05, 0) is 42.3 Å². The molecule has 1 rings (SSSR count). The molecule has 0 aliphatic rings. The number of carboxylic acid groups (broad SMARTS) is 1. The Morgan fingerprint density at radius 1 is 1.53 bits per heavy atom. The van der Waals surface area contributed by atoms with Crippen LogP contribution in [0.2, 0.25) is 0 Å². The number of rotatable bonds is 5. The van der Waals surface area contributed by atoms with E-state index in [2.05, 4.69) is 21.2 Å². The predicted octanol–water partition coefficient (Wildman–Crippen LogP) is 2.88. The lowest BCUT2D eigenvalue weighted by molar-refractivity contribution is -0.137. The van der Waals surface area contributed by atoms with Crippen LogP contribution in [-0.4, -0.2) is 22.5 Å². The standard InChI is InChI=1S/C11H14BrNO3S/c1-11(2,4-3-9(14)15)13-10(16)8-5-7(12)6-17-8/h5-6H,3-4H2,1-2H3,(H,13,16)(H,14,15). The number of aliphatic carboxylic acids is 1. The van der Waals surface area contributed by atoms with Crippen LogP contribution in [0.3, 0.4) is 0 Å². The van der Waals surface area contributed by atoms with Gasteiger partial charge in [0.2, 0.25) is 0 Å². The Morgan fingerprint density at radius 3 is 2.65 bits per heavy atom. The lowest BCUT2D eigenvalue weighted by Gasteiger charge is -2.25. The van der Waals surface area contributed by atoms with Gasteiger partial charge in [-0.3, -0.25) is 9.59 Å². The lowest BCUT2D eigenvalue weighted by Crippen LogP contribution is -2.43. The molecule has 17 heavy (non-hydrogen) atoms. The van der Waals surface area contributed by atoms with Crippen molar-refractivity contribution >= 4 is 39.1 Å². The minimum atomic E-state index is -0.855. The van der Waals surface area contributed by atoms with Crippen LogP contribution < -0.4 is 5.32 Å². The van der Waals surface area contributed by atoms with E-state index in [0.29, 0.717) is 11.3 Å². The van der Waals surface area contributed by atoms with E-state index >= 15 is 0 Å². The van der Waals surface area contributed by atoms with E-state index in [-0.39, 0.29) is 12.3 Å².